The highest BCUT2D eigenvalue weighted by Crippen LogP contribution is 2.24. The Balaban J connectivity index is 2.08. The molecule has 0 aliphatic rings. The molecule has 0 unspecified atom stereocenters. The molecule has 0 aromatic carbocycles. The van der Waals surface area contributed by atoms with E-state index in [9.17, 15) is 9.90 Å². The molecule has 3 aromatic rings. The lowest BCUT2D eigenvalue weighted by molar-refractivity contribution is 0.0697. The number of aromatic nitrogens is 5. The minimum absolute atomic E-state index is 0.128. The highest BCUT2D eigenvalue weighted by Gasteiger charge is 2.13. The number of hydrogen-bond donors (Lipinski definition) is 1. The Morgan fingerprint density at radius 2 is 1.24 bits per heavy atom. The van der Waals surface area contributed by atoms with E-state index >= 15 is 0 Å². The van der Waals surface area contributed by atoms with Gasteiger partial charge in [-0.15, -0.1) is 0 Å². The van der Waals surface area contributed by atoms with Gasteiger partial charge in [0.05, 0.1) is 17.0 Å². The Kier molecular flexibility index (Phi) is 5.25. The van der Waals surface area contributed by atoms with Gasteiger partial charge in [0.1, 0.15) is 0 Å². The molecule has 0 bridgehead atoms. The van der Waals surface area contributed by atoms with Gasteiger partial charge < -0.3 is 5.11 Å². The van der Waals surface area contributed by atoms with E-state index in [0.717, 1.165) is 0 Å². The van der Waals surface area contributed by atoms with Crippen molar-refractivity contribution in [1.29, 1.82) is 0 Å². The monoisotopic (exact) mass is 371 g/mol. The van der Waals surface area contributed by atoms with E-state index in [1.54, 1.807) is 24.8 Å². The van der Waals surface area contributed by atoms with Crippen LogP contribution in [0.3, 0.4) is 0 Å². The Labute approximate surface area is 152 Å². The van der Waals surface area contributed by atoms with E-state index in [1.165, 1.54) is 35.7 Å². The summed E-state index contributed by atoms with van der Waals surface area (Å²) < 4.78 is 0. The summed E-state index contributed by atoms with van der Waals surface area (Å²) >= 11 is 2.86. The maximum atomic E-state index is 11.5. The Morgan fingerprint density at radius 3 is 1.56 bits per heavy atom. The first-order valence-corrected chi connectivity index (χ1v) is 9.54. The van der Waals surface area contributed by atoms with Crippen LogP contribution < -0.4 is 0 Å². The highest BCUT2D eigenvalue weighted by atomic mass is 32.2. The normalized spacial score (nSPS) is 10.6. The van der Waals surface area contributed by atoms with Gasteiger partial charge in [-0.1, -0.05) is 23.5 Å². The molecular weight excluding hydrogens is 358 g/mol. The first kappa shape index (κ1) is 17.3. The van der Waals surface area contributed by atoms with Crippen LogP contribution >= 0.6 is 23.5 Å². The third kappa shape index (κ3) is 3.94. The Bertz CT molecular complexity index is 836. The summed E-state index contributed by atoms with van der Waals surface area (Å²) in [5.74, 6) is -1.03. The minimum atomic E-state index is -1.03. The molecule has 3 aromatic heterocycles. The van der Waals surface area contributed by atoms with Crippen LogP contribution in [-0.4, -0.2) is 48.5 Å². The number of carboxylic acid groups (broad SMARTS) is 1. The zero-order chi connectivity index (χ0) is 17.8. The van der Waals surface area contributed by atoms with E-state index < -0.39 is 5.97 Å². The van der Waals surface area contributed by atoms with Crippen molar-refractivity contribution in [1.82, 2.24) is 24.9 Å². The van der Waals surface area contributed by atoms with Gasteiger partial charge in [-0.05, 0) is 24.6 Å². The third-order valence-electron chi connectivity index (χ3n) is 3.29. The Morgan fingerprint density at radius 1 is 0.840 bits per heavy atom. The van der Waals surface area contributed by atoms with Crippen LogP contribution in [0.25, 0.3) is 22.5 Å². The van der Waals surface area contributed by atoms with Gasteiger partial charge in [0.25, 0.3) is 0 Å². The van der Waals surface area contributed by atoms with E-state index in [0.29, 0.717) is 32.8 Å². The van der Waals surface area contributed by atoms with Crippen molar-refractivity contribution in [2.45, 2.75) is 10.3 Å². The predicted molar refractivity (Wildman–Crippen MR) is 96.8 cm³/mol. The molecule has 7 nitrogen and oxygen atoms in total. The summed E-state index contributed by atoms with van der Waals surface area (Å²) in [7, 11) is 0. The molecule has 0 aliphatic carbocycles. The number of carboxylic acids is 1. The largest absolute Gasteiger partial charge is 0.478 e. The quantitative estimate of drug-likeness (QED) is 0.535. The second kappa shape index (κ2) is 7.58. The average Bonchev–Trinajstić information content (AvgIpc) is 2.67. The molecule has 1 N–H and O–H groups in total. The van der Waals surface area contributed by atoms with Crippen LogP contribution in [0.5, 0.6) is 0 Å². The number of aromatic carboxylic acids is 1. The predicted octanol–water partition coefficient (Wildman–Crippen LogP) is 3.14. The van der Waals surface area contributed by atoms with Crippen molar-refractivity contribution in [3.05, 3.63) is 42.5 Å². The first-order chi connectivity index (χ1) is 12.1. The molecular formula is C16H13N5O2S2. The molecule has 126 valence electrons. The molecule has 0 amide bonds. The zero-order valence-corrected chi connectivity index (χ0v) is 15.0. The molecule has 3 rings (SSSR count). The number of pyridine rings is 1. The molecule has 0 atom stereocenters. The van der Waals surface area contributed by atoms with Crippen molar-refractivity contribution >= 4 is 29.5 Å². The lowest BCUT2D eigenvalue weighted by atomic mass is 10.1. The first-order valence-electron chi connectivity index (χ1n) is 7.09. The smallest absolute Gasteiger partial charge is 0.335 e. The van der Waals surface area contributed by atoms with E-state index in [-0.39, 0.29) is 5.56 Å². The SMILES string of the molecule is CSc1ncc(-c2cc(C(=O)O)cc(-c3cnc(SC)nc3)n2)cn1. The average molecular weight is 371 g/mol. The fourth-order valence-corrected chi connectivity index (χ4v) is 2.69. The molecule has 0 fully saturated rings. The van der Waals surface area contributed by atoms with Crippen molar-refractivity contribution in [2.24, 2.45) is 0 Å². The van der Waals surface area contributed by atoms with Gasteiger partial charge in [0, 0.05) is 35.9 Å². The van der Waals surface area contributed by atoms with Crippen LogP contribution in [0.1, 0.15) is 10.4 Å². The van der Waals surface area contributed by atoms with Crippen LogP contribution in [0.2, 0.25) is 0 Å². The van der Waals surface area contributed by atoms with Gasteiger partial charge >= 0.3 is 5.97 Å². The standard InChI is InChI=1S/C16H13N5O2S2/c1-24-15-17-5-10(6-18-15)12-3-9(14(22)23)4-13(21-12)11-7-19-16(25-2)20-8-11/h3-8H,1-2H3,(H,22,23). The zero-order valence-electron chi connectivity index (χ0n) is 13.4. The van der Waals surface area contributed by atoms with Gasteiger partial charge in [0.2, 0.25) is 0 Å². The van der Waals surface area contributed by atoms with Crippen molar-refractivity contribution in [2.75, 3.05) is 12.5 Å². The lowest BCUT2D eigenvalue weighted by Crippen LogP contribution is -2.01. The summed E-state index contributed by atoms with van der Waals surface area (Å²) in [5.41, 5.74) is 2.38. The molecule has 3 heterocycles. The summed E-state index contributed by atoms with van der Waals surface area (Å²) in [6, 6.07) is 3.00. The number of rotatable bonds is 5. The third-order valence-corrected chi connectivity index (χ3v) is 4.44. The van der Waals surface area contributed by atoms with E-state index in [4.69, 9.17) is 0 Å². The van der Waals surface area contributed by atoms with Crippen molar-refractivity contribution in [3.63, 3.8) is 0 Å². The molecule has 0 spiro atoms. The van der Waals surface area contributed by atoms with Crippen LogP contribution in [-0.2, 0) is 0 Å². The molecule has 0 saturated carbocycles. The number of thioether (sulfide) groups is 2. The summed E-state index contributed by atoms with van der Waals surface area (Å²) in [6.07, 6.45) is 10.3. The van der Waals surface area contributed by atoms with Gasteiger partial charge in [-0.3, -0.25) is 0 Å². The van der Waals surface area contributed by atoms with Crippen LogP contribution in [0.15, 0.2) is 47.2 Å². The fourth-order valence-electron chi connectivity index (χ4n) is 2.06. The van der Waals surface area contributed by atoms with Gasteiger partial charge in [-0.2, -0.15) is 0 Å². The van der Waals surface area contributed by atoms with Gasteiger partial charge in [0.15, 0.2) is 10.3 Å². The maximum Gasteiger partial charge on any atom is 0.335 e. The molecule has 0 radical (unpaired) electrons. The van der Waals surface area contributed by atoms with Crippen LogP contribution in [0, 0.1) is 0 Å². The van der Waals surface area contributed by atoms with Gasteiger partial charge in [-0.25, -0.2) is 29.7 Å². The number of carbonyl (C=O) groups is 1. The van der Waals surface area contributed by atoms with E-state index in [2.05, 4.69) is 24.9 Å². The number of nitrogens with zero attached hydrogens (tertiary/aromatic N) is 5. The molecule has 25 heavy (non-hydrogen) atoms. The van der Waals surface area contributed by atoms with Crippen LogP contribution in [0.4, 0.5) is 0 Å². The maximum absolute atomic E-state index is 11.5. The van der Waals surface area contributed by atoms with Crippen molar-refractivity contribution in [3.8, 4) is 22.5 Å². The summed E-state index contributed by atoms with van der Waals surface area (Å²) in [6.45, 7) is 0. The molecule has 9 heteroatoms. The fraction of sp³-hybridized carbons (Fsp3) is 0.125. The number of hydrogen-bond acceptors (Lipinski definition) is 8. The minimum Gasteiger partial charge on any atom is -0.478 e. The topological polar surface area (TPSA) is 102 Å². The second-order valence-electron chi connectivity index (χ2n) is 4.85. The Hall–Kier alpha value is -2.52. The highest BCUT2D eigenvalue weighted by molar-refractivity contribution is 7.98. The van der Waals surface area contributed by atoms with Crippen molar-refractivity contribution < 1.29 is 9.90 Å². The summed E-state index contributed by atoms with van der Waals surface area (Å²) in [5, 5.41) is 10.7. The summed E-state index contributed by atoms with van der Waals surface area (Å²) in [4.78, 5) is 32.8. The second-order valence-corrected chi connectivity index (χ2v) is 6.40. The van der Waals surface area contributed by atoms with E-state index in [1.807, 2.05) is 12.5 Å². The molecule has 0 aliphatic heterocycles. The lowest BCUT2D eigenvalue weighted by Gasteiger charge is -2.07. The molecule has 0 saturated heterocycles.